The Bertz CT molecular complexity index is 3270. The SMILES string of the molecule is c1ccc(-c2ccccc2-c2c(-c3ccccc3)cccc2N(c2ccc(-c3cccc4c3oc3ccccc34)cc2)c2ccc3c(ccc4ccccc43)c2)cc1. The van der Waals surface area contributed by atoms with Crippen molar-refractivity contribution < 1.29 is 4.42 Å². The Morgan fingerprint density at radius 3 is 1.67 bits per heavy atom. The summed E-state index contributed by atoms with van der Waals surface area (Å²) in [5.74, 6) is 0. The van der Waals surface area contributed by atoms with Crippen molar-refractivity contribution in [1.29, 1.82) is 0 Å². The molecule has 0 saturated heterocycles. The highest BCUT2D eigenvalue weighted by Crippen LogP contribution is 2.49. The highest BCUT2D eigenvalue weighted by molar-refractivity contribution is 6.11. The zero-order valence-electron chi connectivity index (χ0n) is 31.7. The van der Waals surface area contributed by atoms with E-state index < -0.39 is 0 Å². The molecule has 1 heterocycles. The van der Waals surface area contributed by atoms with E-state index in [9.17, 15) is 0 Å². The number of benzene rings is 10. The molecular weight excluding hydrogens is 703 g/mol. The summed E-state index contributed by atoms with van der Waals surface area (Å²) >= 11 is 0. The summed E-state index contributed by atoms with van der Waals surface area (Å²) < 4.78 is 6.48. The first-order chi connectivity index (χ1) is 28.8. The lowest BCUT2D eigenvalue weighted by Crippen LogP contribution is -2.12. The fourth-order valence-electron chi connectivity index (χ4n) is 8.77. The lowest BCUT2D eigenvalue weighted by Gasteiger charge is -2.30. The Kier molecular flexibility index (Phi) is 8.19. The topological polar surface area (TPSA) is 16.4 Å². The first-order valence-corrected chi connectivity index (χ1v) is 19.8. The number of para-hydroxylation sites is 2. The van der Waals surface area contributed by atoms with E-state index in [1.54, 1.807) is 0 Å². The van der Waals surface area contributed by atoms with Crippen molar-refractivity contribution in [3.63, 3.8) is 0 Å². The van der Waals surface area contributed by atoms with E-state index in [1.807, 2.05) is 12.1 Å². The second-order valence-electron chi connectivity index (χ2n) is 14.8. The number of hydrogen-bond acceptors (Lipinski definition) is 2. The molecule has 0 amide bonds. The van der Waals surface area contributed by atoms with Gasteiger partial charge in [0.15, 0.2) is 0 Å². The van der Waals surface area contributed by atoms with Crippen LogP contribution in [0, 0.1) is 0 Å². The molecule has 2 heteroatoms. The van der Waals surface area contributed by atoms with Crippen molar-refractivity contribution in [2.75, 3.05) is 4.90 Å². The van der Waals surface area contributed by atoms with Gasteiger partial charge < -0.3 is 9.32 Å². The Morgan fingerprint density at radius 1 is 0.310 bits per heavy atom. The van der Waals surface area contributed by atoms with E-state index in [1.165, 1.54) is 54.9 Å². The average Bonchev–Trinajstić information content (AvgIpc) is 3.69. The van der Waals surface area contributed by atoms with Crippen molar-refractivity contribution >= 4 is 60.5 Å². The first-order valence-electron chi connectivity index (χ1n) is 19.8. The molecule has 0 radical (unpaired) electrons. The van der Waals surface area contributed by atoms with Crippen LogP contribution in [-0.2, 0) is 0 Å². The molecule has 0 saturated carbocycles. The lowest BCUT2D eigenvalue weighted by molar-refractivity contribution is 0.670. The molecule has 0 aliphatic heterocycles. The van der Waals surface area contributed by atoms with Gasteiger partial charge in [-0.25, -0.2) is 0 Å². The van der Waals surface area contributed by atoms with Crippen LogP contribution in [0.3, 0.4) is 0 Å². The molecule has 0 aliphatic rings. The lowest BCUT2D eigenvalue weighted by atomic mass is 9.87. The van der Waals surface area contributed by atoms with Gasteiger partial charge in [-0.2, -0.15) is 0 Å². The van der Waals surface area contributed by atoms with E-state index >= 15 is 0 Å². The standard InChI is InChI=1S/C56H37NO/c1-3-15-38(16-4-1)46-21-9-10-23-51(46)55-48(39-17-5-2-6-18-39)24-14-27-53(55)57(44-35-36-47-42(37-44)30-29-40-19-7-8-20-45(40)47)43-33-31-41(32-34-43)49-25-13-26-52-50-22-11-12-28-54(50)58-56(49)52/h1-37H. The average molecular weight is 740 g/mol. The minimum Gasteiger partial charge on any atom is -0.455 e. The van der Waals surface area contributed by atoms with Crippen molar-refractivity contribution in [2.24, 2.45) is 0 Å². The second-order valence-corrected chi connectivity index (χ2v) is 14.8. The summed E-state index contributed by atoms with van der Waals surface area (Å²) in [5, 5.41) is 7.19. The van der Waals surface area contributed by atoms with Gasteiger partial charge >= 0.3 is 0 Å². The molecule has 0 fully saturated rings. The zero-order valence-corrected chi connectivity index (χ0v) is 31.7. The molecule has 1 aromatic heterocycles. The molecule has 2 nitrogen and oxygen atoms in total. The molecule has 0 spiro atoms. The van der Waals surface area contributed by atoms with Crippen molar-refractivity contribution in [2.45, 2.75) is 0 Å². The van der Waals surface area contributed by atoms with E-state index in [2.05, 4.69) is 217 Å². The third-order valence-electron chi connectivity index (χ3n) is 11.5. The largest absolute Gasteiger partial charge is 0.455 e. The zero-order chi connectivity index (χ0) is 38.4. The molecule has 0 atom stereocenters. The Morgan fingerprint density at radius 2 is 0.862 bits per heavy atom. The summed E-state index contributed by atoms with van der Waals surface area (Å²) in [5.41, 5.74) is 14.3. The normalized spacial score (nSPS) is 11.4. The second kappa shape index (κ2) is 14.1. The molecule has 0 aliphatic carbocycles. The summed E-state index contributed by atoms with van der Waals surface area (Å²) in [4.78, 5) is 2.43. The number of nitrogens with zero attached hydrogens (tertiary/aromatic N) is 1. The van der Waals surface area contributed by atoms with Gasteiger partial charge in [-0.05, 0) is 91.3 Å². The number of fused-ring (bicyclic) bond motifs is 6. The predicted octanol–water partition coefficient (Wildman–Crippen LogP) is 16.0. The molecule has 272 valence electrons. The van der Waals surface area contributed by atoms with Crippen LogP contribution < -0.4 is 4.90 Å². The fourth-order valence-corrected chi connectivity index (χ4v) is 8.77. The van der Waals surface area contributed by atoms with E-state index in [4.69, 9.17) is 4.42 Å². The summed E-state index contributed by atoms with van der Waals surface area (Å²) in [6.07, 6.45) is 0. The Hall–Kier alpha value is -7.68. The minimum absolute atomic E-state index is 0.901. The molecule has 0 unspecified atom stereocenters. The Labute approximate surface area is 337 Å². The third kappa shape index (κ3) is 5.74. The highest BCUT2D eigenvalue weighted by Gasteiger charge is 2.23. The van der Waals surface area contributed by atoms with Gasteiger partial charge in [0.1, 0.15) is 11.2 Å². The molecular formula is C56H37NO. The third-order valence-corrected chi connectivity index (χ3v) is 11.5. The van der Waals surface area contributed by atoms with Crippen molar-refractivity contribution in [1.82, 2.24) is 0 Å². The fraction of sp³-hybridized carbons (Fsp3) is 0. The van der Waals surface area contributed by atoms with Gasteiger partial charge in [0.25, 0.3) is 0 Å². The van der Waals surface area contributed by atoms with E-state index in [-0.39, 0.29) is 0 Å². The van der Waals surface area contributed by atoms with E-state index in [0.29, 0.717) is 0 Å². The van der Waals surface area contributed by atoms with Crippen molar-refractivity contribution in [3.8, 4) is 44.5 Å². The maximum Gasteiger partial charge on any atom is 0.143 e. The van der Waals surface area contributed by atoms with Crippen LogP contribution in [0.15, 0.2) is 229 Å². The molecule has 58 heavy (non-hydrogen) atoms. The van der Waals surface area contributed by atoms with Gasteiger partial charge in [-0.15, -0.1) is 0 Å². The molecule has 10 aromatic carbocycles. The number of furan rings is 1. The number of anilines is 3. The van der Waals surface area contributed by atoms with Crippen LogP contribution in [0.1, 0.15) is 0 Å². The van der Waals surface area contributed by atoms with Gasteiger partial charge in [0.05, 0.1) is 5.69 Å². The van der Waals surface area contributed by atoms with Gasteiger partial charge in [0.2, 0.25) is 0 Å². The highest BCUT2D eigenvalue weighted by atomic mass is 16.3. The predicted molar refractivity (Wildman–Crippen MR) is 245 cm³/mol. The molecule has 0 bridgehead atoms. The van der Waals surface area contributed by atoms with Crippen LogP contribution in [0.2, 0.25) is 0 Å². The van der Waals surface area contributed by atoms with Gasteiger partial charge in [-0.3, -0.25) is 0 Å². The smallest absolute Gasteiger partial charge is 0.143 e. The first kappa shape index (κ1) is 33.6. The summed E-state index contributed by atoms with van der Waals surface area (Å²) in [7, 11) is 0. The van der Waals surface area contributed by atoms with Gasteiger partial charge in [-0.1, -0.05) is 188 Å². The summed E-state index contributed by atoms with van der Waals surface area (Å²) in [6.45, 7) is 0. The number of rotatable bonds is 7. The van der Waals surface area contributed by atoms with E-state index in [0.717, 1.165) is 50.1 Å². The van der Waals surface area contributed by atoms with Crippen molar-refractivity contribution in [3.05, 3.63) is 224 Å². The molecule has 11 aromatic rings. The quantitative estimate of drug-likeness (QED) is 0.151. The van der Waals surface area contributed by atoms with Crippen LogP contribution >= 0.6 is 0 Å². The maximum absolute atomic E-state index is 6.48. The van der Waals surface area contributed by atoms with Crippen LogP contribution in [0.25, 0.3) is 88.0 Å². The van der Waals surface area contributed by atoms with Crippen LogP contribution in [0.5, 0.6) is 0 Å². The molecule has 0 N–H and O–H groups in total. The summed E-state index contributed by atoms with van der Waals surface area (Å²) in [6, 6.07) is 80.8. The monoisotopic (exact) mass is 739 g/mol. The maximum atomic E-state index is 6.48. The van der Waals surface area contributed by atoms with Gasteiger partial charge in [0, 0.05) is 33.3 Å². The molecule has 11 rings (SSSR count). The van der Waals surface area contributed by atoms with Crippen LogP contribution in [0.4, 0.5) is 17.1 Å². The number of hydrogen-bond donors (Lipinski definition) is 0. The minimum atomic E-state index is 0.901. The Balaban J connectivity index is 1.16. The van der Waals surface area contributed by atoms with Crippen LogP contribution in [-0.4, -0.2) is 0 Å².